The van der Waals surface area contributed by atoms with Crippen molar-refractivity contribution in [3.8, 4) is 11.3 Å². The highest BCUT2D eigenvalue weighted by molar-refractivity contribution is 9.10. The minimum Gasteiger partial charge on any atom is -0.313 e. The normalized spacial score (nSPS) is 10.4. The second kappa shape index (κ2) is 5.18. The number of nitrogens with one attached hydrogen (secondary N) is 1. The molecule has 0 atom stereocenters. The summed E-state index contributed by atoms with van der Waals surface area (Å²) in [5.74, 6) is 0.806. The molecule has 0 aliphatic carbocycles. The molecule has 0 aliphatic heterocycles. The topological polar surface area (TPSA) is 37.8 Å². The molecule has 0 radical (unpaired) electrons. The Labute approximate surface area is 103 Å². The van der Waals surface area contributed by atoms with Crippen molar-refractivity contribution in [2.24, 2.45) is 0 Å². The molecule has 4 heteroatoms. The fraction of sp³-hybridized carbons (Fsp3) is 0.167. The quantitative estimate of drug-likeness (QED) is 0.937. The molecule has 1 N–H and O–H groups in total. The maximum Gasteiger partial charge on any atom is 0.142 e. The Balaban J connectivity index is 2.36. The van der Waals surface area contributed by atoms with Crippen LogP contribution in [-0.2, 0) is 6.54 Å². The van der Waals surface area contributed by atoms with Crippen LogP contribution in [0.3, 0.4) is 0 Å². The summed E-state index contributed by atoms with van der Waals surface area (Å²) in [6.07, 6.45) is 1.79. The van der Waals surface area contributed by atoms with Crippen LogP contribution in [0.25, 0.3) is 11.3 Å². The first-order chi connectivity index (χ1) is 7.79. The van der Waals surface area contributed by atoms with Crippen LogP contribution in [0.2, 0.25) is 0 Å². The predicted octanol–water partition coefficient (Wildman–Crippen LogP) is 2.63. The maximum atomic E-state index is 4.48. The van der Waals surface area contributed by atoms with Gasteiger partial charge in [-0.15, -0.1) is 0 Å². The number of aromatic nitrogens is 2. The average molecular weight is 278 g/mol. The van der Waals surface area contributed by atoms with Gasteiger partial charge in [0.05, 0.1) is 12.2 Å². The number of hydrogen-bond donors (Lipinski definition) is 1. The smallest absolute Gasteiger partial charge is 0.142 e. The van der Waals surface area contributed by atoms with Gasteiger partial charge in [0.15, 0.2) is 0 Å². The van der Waals surface area contributed by atoms with Crippen LogP contribution in [0.4, 0.5) is 0 Å². The van der Waals surface area contributed by atoms with Gasteiger partial charge in [-0.05, 0) is 25.2 Å². The van der Waals surface area contributed by atoms with Gasteiger partial charge in [0.25, 0.3) is 0 Å². The van der Waals surface area contributed by atoms with Crippen molar-refractivity contribution < 1.29 is 0 Å². The zero-order valence-corrected chi connectivity index (χ0v) is 10.5. The lowest BCUT2D eigenvalue weighted by atomic mass is 10.1. The van der Waals surface area contributed by atoms with Crippen LogP contribution < -0.4 is 5.32 Å². The molecule has 3 nitrogen and oxygen atoms in total. The summed E-state index contributed by atoms with van der Waals surface area (Å²) >= 11 is 3.45. The maximum absolute atomic E-state index is 4.48. The van der Waals surface area contributed by atoms with Crippen molar-refractivity contribution in [2.75, 3.05) is 7.05 Å². The van der Waals surface area contributed by atoms with Crippen molar-refractivity contribution in [1.82, 2.24) is 15.3 Å². The second-order valence-electron chi connectivity index (χ2n) is 3.40. The van der Waals surface area contributed by atoms with Gasteiger partial charge >= 0.3 is 0 Å². The van der Waals surface area contributed by atoms with Crippen LogP contribution in [-0.4, -0.2) is 17.0 Å². The Kier molecular flexibility index (Phi) is 3.64. The highest BCUT2D eigenvalue weighted by Gasteiger charge is 2.01. The molecule has 2 rings (SSSR count). The van der Waals surface area contributed by atoms with E-state index in [-0.39, 0.29) is 0 Å². The summed E-state index contributed by atoms with van der Waals surface area (Å²) in [6.45, 7) is 0.682. The number of nitrogens with zero attached hydrogens (tertiary/aromatic N) is 2. The molecule has 0 bridgehead atoms. The fourth-order valence-electron chi connectivity index (χ4n) is 1.45. The van der Waals surface area contributed by atoms with E-state index in [1.165, 1.54) is 0 Å². The Morgan fingerprint density at radius 3 is 2.94 bits per heavy atom. The molecule has 0 saturated carbocycles. The summed E-state index contributed by atoms with van der Waals surface area (Å²) in [7, 11) is 1.88. The zero-order valence-electron chi connectivity index (χ0n) is 8.94. The lowest BCUT2D eigenvalue weighted by Crippen LogP contribution is -2.09. The van der Waals surface area contributed by atoms with E-state index >= 15 is 0 Å². The van der Waals surface area contributed by atoms with E-state index in [0.29, 0.717) is 6.54 Å². The van der Waals surface area contributed by atoms with Crippen molar-refractivity contribution in [1.29, 1.82) is 0 Å². The number of hydrogen-bond acceptors (Lipinski definition) is 3. The Morgan fingerprint density at radius 2 is 2.19 bits per heavy atom. The third-order valence-electron chi connectivity index (χ3n) is 2.16. The van der Waals surface area contributed by atoms with Crippen LogP contribution in [0.5, 0.6) is 0 Å². The summed E-state index contributed by atoms with van der Waals surface area (Å²) in [4.78, 5) is 8.67. The van der Waals surface area contributed by atoms with E-state index in [2.05, 4.69) is 31.2 Å². The van der Waals surface area contributed by atoms with Gasteiger partial charge in [-0.1, -0.05) is 28.1 Å². The molecule has 0 spiro atoms. The van der Waals surface area contributed by atoms with Crippen LogP contribution in [0, 0.1) is 0 Å². The Bertz CT molecular complexity index is 485. The summed E-state index contributed by atoms with van der Waals surface area (Å²) in [6, 6.07) is 10.0. The fourth-order valence-corrected chi connectivity index (χ4v) is 1.85. The van der Waals surface area contributed by atoms with Gasteiger partial charge in [0.2, 0.25) is 0 Å². The summed E-state index contributed by atoms with van der Waals surface area (Å²) in [5, 5.41) is 3.04. The van der Waals surface area contributed by atoms with Crippen molar-refractivity contribution >= 4 is 15.9 Å². The van der Waals surface area contributed by atoms with Crippen molar-refractivity contribution in [3.05, 3.63) is 46.8 Å². The third kappa shape index (κ3) is 2.65. The molecular formula is C12H12BrN3. The highest BCUT2D eigenvalue weighted by atomic mass is 79.9. The molecule has 2 aromatic rings. The number of rotatable bonds is 3. The molecule has 16 heavy (non-hydrogen) atoms. The predicted molar refractivity (Wildman–Crippen MR) is 67.9 cm³/mol. The molecule has 1 heterocycles. The Morgan fingerprint density at radius 1 is 1.31 bits per heavy atom. The third-order valence-corrected chi connectivity index (χ3v) is 2.65. The molecular weight excluding hydrogens is 266 g/mol. The lowest BCUT2D eigenvalue weighted by Gasteiger charge is -2.03. The van der Waals surface area contributed by atoms with E-state index < -0.39 is 0 Å². The molecule has 0 aliphatic rings. The van der Waals surface area contributed by atoms with E-state index in [4.69, 9.17) is 0 Å². The molecule has 1 aromatic carbocycles. The zero-order chi connectivity index (χ0) is 11.4. The van der Waals surface area contributed by atoms with Crippen molar-refractivity contribution in [3.63, 3.8) is 0 Å². The highest BCUT2D eigenvalue weighted by Crippen LogP contribution is 2.20. The summed E-state index contributed by atoms with van der Waals surface area (Å²) in [5.41, 5.74) is 2.04. The minimum atomic E-state index is 0.682. The van der Waals surface area contributed by atoms with Gasteiger partial charge in [-0.2, -0.15) is 0 Å². The minimum absolute atomic E-state index is 0.682. The first kappa shape index (κ1) is 11.2. The van der Waals surface area contributed by atoms with Crippen LogP contribution in [0.15, 0.2) is 41.0 Å². The Hall–Kier alpha value is -1.26. The largest absolute Gasteiger partial charge is 0.313 e. The first-order valence-electron chi connectivity index (χ1n) is 5.02. The molecule has 0 unspecified atom stereocenters. The number of benzene rings is 1. The van der Waals surface area contributed by atoms with Crippen LogP contribution in [0.1, 0.15) is 5.82 Å². The van der Waals surface area contributed by atoms with Gasteiger partial charge < -0.3 is 5.32 Å². The number of halogens is 1. The van der Waals surface area contributed by atoms with E-state index in [1.54, 1.807) is 6.20 Å². The lowest BCUT2D eigenvalue weighted by molar-refractivity contribution is 0.759. The average Bonchev–Trinajstić information content (AvgIpc) is 2.30. The monoisotopic (exact) mass is 277 g/mol. The first-order valence-corrected chi connectivity index (χ1v) is 5.81. The molecule has 1 aromatic heterocycles. The van der Waals surface area contributed by atoms with Crippen LogP contribution >= 0.6 is 15.9 Å². The standard InChI is InChI=1S/C12H12BrN3/c1-14-8-12-15-6-5-11(16-12)9-3-2-4-10(13)7-9/h2-7,14H,8H2,1H3. The van der Waals surface area contributed by atoms with E-state index in [9.17, 15) is 0 Å². The second-order valence-corrected chi connectivity index (χ2v) is 4.31. The van der Waals surface area contributed by atoms with Gasteiger partial charge in [-0.25, -0.2) is 9.97 Å². The van der Waals surface area contributed by atoms with E-state index in [1.807, 2.05) is 37.4 Å². The van der Waals surface area contributed by atoms with E-state index in [0.717, 1.165) is 21.6 Å². The van der Waals surface area contributed by atoms with Gasteiger partial charge in [0, 0.05) is 16.2 Å². The molecule has 0 fully saturated rings. The molecule has 0 saturated heterocycles. The van der Waals surface area contributed by atoms with Gasteiger partial charge in [-0.3, -0.25) is 0 Å². The van der Waals surface area contributed by atoms with Gasteiger partial charge in [0.1, 0.15) is 5.82 Å². The molecule has 0 amide bonds. The SMILES string of the molecule is CNCc1nccc(-c2cccc(Br)c2)n1. The summed E-state index contributed by atoms with van der Waals surface area (Å²) < 4.78 is 1.05. The van der Waals surface area contributed by atoms with Crippen molar-refractivity contribution in [2.45, 2.75) is 6.54 Å². The molecule has 82 valence electrons.